The number of allylic oxidation sites excluding steroid dienone is 1. The molecule has 0 fully saturated rings. The lowest BCUT2D eigenvalue weighted by molar-refractivity contribution is -0.133. The average molecular weight is 370 g/mol. The first-order chi connectivity index (χ1) is 12.9. The maximum absolute atomic E-state index is 12.9. The van der Waals surface area contributed by atoms with Crippen LogP contribution in [0.2, 0.25) is 0 Å². The van der Waals surface area contributed by atoms with Gasteiger partial charge in [-0.05, 0) is 29.0 Å². The van der Waals surface area contributed by atoms with Gasteiger partial charge in [0.05, 0.1) is 6.04 Å². The lowest BCUT2D eigenvalue weighted by Crippen LogP contribution is -2.45. The van der Waals surface area contributed by atoms with Crippen molar-refractivity contribution in [1.82, 2.24) is 5.32 Å². The van der Waals surface area contributed by atoms with Gasteiger partial charge in [0.25, 0.3) is 0 Å². The fraction of sp³-hybridized carbons (Fsp3) is 0.522. The molecule has 1 N–H and O–H groups in total. The van der Waals surface area contributed by atoms with Crippen molar-refractivity contribution in [2.75, 3.05) is 0 Å². The van der Waals surface area contributed by atoms with Crippen LogP contribution in [0.1, 0.15) is 64.5 Å². The van der Waals surface area contributed by atoms with E-state index in [4.69, 9.17) is 0 Å². The lowest BCUT2D eigenvalue weighted by atomic mass is 9.88. The number of amides is 1. The zero-order valence-corrected chi connectivity index (χ0v) is 16.9. The van der Waals surface area contributed by atoms with Gasteiger partial charge in [-0.1, -0.05) is 58.0 Å². The van der Waals surface area contributed by atoms with E-state index in [9.17, 15) is 14.4 Å². The molecular weight excluding hydrogens is 338 g/mol. The second kappa shape index (κ2) is 9.63. The lowest BCUT2D eigenvalue weighted by Gasteiger charge is -2.24. The Bertz CT molecular complexity index is 733. The van der Waals surface area contributed by atoms with E-state index in [2.05, 4.69) is 23.5 Å². The second-order valence-electron chi connectivity index (χ2n) is 7.62. The number of fused-ring (bicyclic) bond motifs is 1. The number of hydrogen-bond acceptors (Lipinski definition) is 3. The molecule has 27 heavy (non-hydrogen) atoms. The number of Topliss-reactive ketones (excluding diaryl/α,β-unsaturated/α-hetero) is 2. The Balaban J connectivity index is 2.13. The molecule has 1 aromatic rings. The quantitative estimate of drug-likeness (QED) is 0.675. The maximum atomic E-state index is 12.9. The Morgan fingerprint density at radius 2 is 1.78 bits per heavy atom. The SMILES string of the molecule is CCC(=O)C[C@@H](C(=O)N[C@@H](CC1=CCc2ccccc21)C(=O)CC)C(C)C. The molecule has 0 saturated heterocycles. The third kappa shape index (κ3) is 5.38. The monoisotopic (exact) mass is 369 g/mol. The third-order valence-corrected chi connectivity index (χ3v) is 5.39. The van der Waals surface area contributed by atoms with E-state index >= 15 is 0 Å². The van der Waals surface area contributed by atoms with Gasteiger partial charge >= 0.3 is 0 Å². The van der Waals surface area contributed by atoms with Crippen molar-refractivity contribution in [2.45, 2.75) is 65.8 Å². The first-order valence-corrected chi connectivity index (χ1v) is 9.99. The van der Waals surface area contributed by atoms with Crippen LogP contribution in [0.3, 0.4) is 0 Å². The average Bonchev–Trinajstić information content (AvgIpc) is 3.07. The standard InChI is InChI=1S/C23H31NO3/c1-5-18(25)14-20(15(3)4)23(27)24-21(22(26)6-2)13-17-12-11-16-9-7-8-10-19(16)17/h7-10,12,15,20-21H,5-6,11,13-14H2,1-4H3,(H,24,27)/t20-,21+/m1/s1. The van der Waals surface area contributed by atoms with Crippen molar-refractivity contribution < 1.29 is 14.4 Å². The smallest absolute Gasteiger partial charge is 0.224 e. The molecule has 4 nitrogen and oxygen atoms in total. The van der Waals surface area contributed by atoms with Crippen molar-refractivity contribution in [2.24, 2.45) is 11.8 Å². The number of carbonyl (C=O) groups excluding carboxylic acids is 3. The highest BCUT2D eigenvalue weighted by atomic mass is 16.2. The van der Waals surface area contributed by atoms with Crippen LogP contribution in [0.4, 0.5) is 0 Å². The molecule has 1 aliphatic rings. The molecule has 0 heterocycles. The molecule has 2 rings (SSSR count). The highest BCUT2D eigenvalue weighted by Crippen LogP contribution is 2.31. The predicted molar refractivity (Wildman–Crippen MR) is 108 cm³/mol. The summed E-state index contributed by atoms with van der Waals surface area (Å²) in [6, 6.07) is 7.64. The first kappa shape index (κ1) is 21.1. The van der Waals surface area contributed by atoms with Crippen LogP contribution < -0.4 is 5.32 Å². The summed E-state index contributed by atoms with van der Waals surface area (Å²) in [7, 11) is 0. The van der Waals surface area contributed by atoms with Crippen LogP contribution >= 0.6 is 0 Å². The summed E-state index contributed by atoms with van der Waals surface area (Å²) < 4.78 is 0. The van der Waals surface area contributed by atoms with Gasteiger partial charge in [-0.2, -0.15) is 0 Å². The van der Waals surface area contributed by atoms with Crippen molar-refractivity contribution in [3.05, 3.63) is 41.5 Å². The Morgan fingerprint density at radius 3 is 2.41 bits per heavy atom. The number of nitrogens with one attached hydrogen (secondary N) is 1. The van der Waals surface area contributed by atoms with Gasteiger partial charge in [0, 0.05) is 31.6 Å². The number of hydrogen-bond donors (Lipinski definition) is 1. The molecule has 0 saturated carbocycles. The summed E-state index contributed by atoms with van der Waals surface area (Å²) in [5.74, 6) is -0.433. The minimum Gasteiger partial charge on any atom is -0.346 e. The third-order valence-electron chi connectivity index (χ3n) is 5.39. The molecule has 0 spiro atoms. The van der Waals surface area contributed by atoms with Gasteiger partial charge in [-0.15, -0.1) is 0 Å². The van der Waals surface area contributed by atoms with Gasteiger partial charge < -0.3 is 5.32 Å². The molecule has 0 unspecified atom stereocenters. The Hall–Kier alpha value is -2.23. The highest BCUT2D eigenvalue weighted by molar-refractivity contribution is 5.93. The molecule has 0 aliphatic heterocycles. The van der Waals surface area contributed by atoms with E-state index in [0.29, 0.717) is 19.3 Å². The van der Waals surface area contributed by atoms with Crippen LogP contribution in [0.5, 0.6) is 0 Å². The number of rotatable bonds is 10. The van der Waals surface area contributed by atoms with Crippen molar-refractivity contribution in [3.63, 3.8) is 0 Å². The highest BCUT2D eigenvalue weighted by Gasteiger charge is 2.29. The maximum Gasteiger partial charge on any atom is 0.224 e. The van der Waals surface area contributed by atoms with Gasteiger partial charge in [0.15, 0.2) is 5.78 Å². The summed E-state index contributed by atoms with van der Waals surface area (Å²) in [6.07, 6.45) is 4.55. The van der Waals surface area contributed by atoms with Crippen LogP contribution in [0, 0.1) is 11.8 Å². The summed E-state index contributed by atoms with van der Waals surface area (Å²) >= 11 is 0. The van der Waals surface area contributed by atoms with Crippen LogP contribution in [-0.4, -0.2) is 23.5 Å². The predicted octanol–water partition coefficient (Wildman–Crippen LogP) is 4.12. The zero-order valence-electron chi connectivity index (χ0n) is 16.9. The fourth-order valence-electron chi connectivity index (χ4n) is 3.56. The first-order valence-electron chi connectivity index (χ1n) is 9.99. The normalized spacial score (nSPS) is 15.1. The Labute approximate surface area is 162 Å². The summed E-state index contributed by atoms with van der Waals surface area (Å²) in [5.41, 5.74) is 3.54. The van der Waals surface area contributed by atoms with E-state index < -0.39 is 12.0 Å². The molecule has 0 aromatic heterocycles. The molecule has 4 heteroatoms. The molecule has 0 bridgehead atoms. The van der Waals surface area contributed by atoms with Crippen LogP contribution in [0.15, 0.2) is 30.3 Å². The topological polar surface area (TPSA) is 63.2 Å². The van der Waals surface area contributed by atoms with E-state index in [1.165, 1.54) is 11.1 Å². The molecule has 1 aliphatic carbocycles. The number of ketones is 2. The molecule has 1 aromatic carbocycles. The van der Waals surface area contributed by atoms with Crippen molar-refractivity contribution in [1.29, 1.82) is 0 Å². The minimum atomic E-state index is -0.544. The summed E-state index contributed by atoms with van der Waals surface area (Å²) in [5, 5.41) is 2.95. The summed E-state index contributed by atoms with van der Waals surface area (Å²) in [4.78, 5) is 37.2. The van der Waals surface area contributed by atoms with Crippen molar-refractivity contribution >= 4 is 23.0 Å². The molecule has 146 valence electrons. The zero-order chi connectivity index (χ0) is 20.0. The second-order valence-corrected chi connectivity index (χ2v) is 7.62. The molecule has 1 amide bonds. The Morgan fingerprint density at radius 1 is 1.07 bits per heavy atom. The van der Waals surface area contributed by atoms with Gasteiger partial charge in [-0.3, -0.25) is 14.4 Å². The minimum absolute atomic E-state index is 0.0259. The fourth-order valence-corrected chi connectivity index (χ4v) is 3.56. The van der Waals surface area contributed by atoms with E-state index in [1.54, 1.807) is 0 Å². The van der Waals surface area contributed by atoms with Gasteiger partial charge in [-0.25, -0.2) is 0 Å². The summed E-state index contributed by atoms with van der Waals surface area (Å²) in [6.45, 7) is 7.52. The molecular formula is C23H31NO3. The largest absolute Gasteiger partial charge is 0.346 e. The number of carbonyl (C=O) groups is 3. The van der Waals surface area contributed by atoms with Crippen LogP contribution in [-0.2, 0) is 20.8 Å². The molecule has 2 atom stereocenters. The van der Waals surface area contributed by atoms with E-state index in [0.717, 1.165) is 12.0 Å². The molecule has 0 radical (unpaired) electrons. The van der Waals surface area contributed by atoms with Crippen molar-refractivity contribution in [3.8, 4) is 0 Å². The van der Waals surface area contributed by atoms with Gasteiger partial charge in [0.1, 0.15) is 5.78 Å². The van der Waals surface area contributed by atoms with E-state index in [-0.39, 0.29) is 29.8 Å². The van der Waals surface area contributed by atoms with Crippen LogP contribution in [0.25, 0.3) is 5.57 Å². The van der Waals surface area contributed by atoms with Gasteiger partial charge in [0.2, 0.25) is 5.91 Å². The Kier molecular flexibility index (Phi) is 7.52. The van der Waals surface area contributed by atoms with E-state index in [1.807, 2.05) is 39.8 Å². The number of benzene rings is 1.